The van der Waals surface area contributed by atoms with Crippen LogP contribution in [0.2, 0.25) is 0 Å². The van der Waals surface area contributed by atoms with E-state index in [-0.39, 0.29) is 36.2 Å². The molecule has 0 aromatic heterocycles. The highest BCUT2D eigenvalue weighted by molar-refractivity contribution is 5.79. The van der Waals surface area contributed by atoms with Crippen LogP contribution in [0.1, 0.15) is 89.0 Å². The molecule has 0 bridgehead atoms. The number of aryl methyl sites for hydroxylation is 1. The van der Waals surface area contributed by atoms with Crippen LogP contribution < -0.4 is 10.6 Å². The maximum atomic E-state index is 13.5. The number of carbonyl (C=O) groups excluding carboxylic acids is 2. The SMILES string of the molecule is O=C(NC[C@@H](O)C[C@@H](CCc1ccccc1)C(=O)N[C@H]1C2CCCCC2C[C@H]1O)C1CCCCCC1. The molecule has 0 heterocycles. The molecule has 1 aromatic rings. The van der Waals surface area contributed by atoms with Gasteiger partial charge < -0.3 is 20.8 Å². The van der Waals surface area contributed by atoms with Gasteiger partial charge in [-0.25, -0.2) is 0 Å². The van der Waals surface area contributed by atoms with E-state index in [1.165, 1.54) is 24.8 Å². The summed E-state index contributed by atoms with van der Waals surface area (Å²) in [7, 11) is 0. The van der Waals surface area contributed by atoms with Gasteiger partial charge in [0, 0.05) is 18.4 Å². The first-order valence-corrected chi connectivity index (χ1v) is 14.5. The Hall–Kier alpha value is -1.92. The summed E-state index contributed by atoms with van der Waals surface area (Å²) in [4.78, 5) is 26.1. The molecule has 4 N–H and O–H groups in total. The van der Waals surface area contributed by atoms with Crippen molar-refractivity contribution < 1.29 is 19.8 Å². The quantitative estimate of drug-likeness (QED) is 0.365. The molecule has 0 spiro atoms. The van der Waals surface area contributed by atoms with E-state index >= 15 is 0 Å². The van der Waals surface area contributed by atoms with Crippen molar-refractivity contribution in [2.45, 2.75) is 108 Å². The number of carbonyl (C=O) groups is 2. The van der Waals surface area contributed by atoms with Gasteiger partial charge in [-0.05, 0) is 62.3 Å². The molecule has 3 fully saturated rings. The normalized spacial score (nSPS) is 28.5. The van der Waals surface area contributed by atoms with Gasteiger partial charge in [0.1, 0.15) is 0 Å². The van der Waals surface area contributed by atoms with Crippen molar-refractivity contribution in [3.05, 3.63) is 35.9 Å². The van der Waals surface area contributed by atoms with Crippen molar-refractivity contribution in [1.29, 1.82) is 0 Å². The van der Waals surface area contributed by atoms with Crippen LogP contribution >= 0.6 is 0 Å². The molecule has 2 unspecified atom stereocenters. The number of rotatable bonds is 10. The average Bonchev–Trinajstić information content (AvgIpc) is 3.05. The number of hydrogen-bond acceptors (Lipinski definition) is 4. The first-order chi connectivity index (χ1) is 17.5. The Balaban J connectivity index is 1.34. The summed E-state index contributed by atoms with van der Waals surface area (Å²) in [5, 5.41) is 27.7. The predicted octanol–water partition coefficient (Wildman–Crippen LogP) is 4.13. The van der Waals surface area contributed by atoms with Crippen molar-refractivity contribution in [1.82, 2.24) is 10.6 Å². The summed E-state index contributed by atoms with van der Waals surface area (Å²) in [6.45, 7) is 0.182. The van der Waals surface area contributed by atoms with Gasteiger partial charge in [0.25, 0.3) is 0 Å². The van der Waals surface area contributed by atoms with Crippen LogP contribution in [0.15, 0.2) is 30.3 Å². The molecule has 0 radical (unpaired) electrons. The van der Waals surface area contributed by atoms with E-state index in [2.05, 4.69) is 22.8 Å². The van der Waals surface area contributed by atoms with E-state index in [0.29, 0.717) is 24.7 Å². The summed E-state index contributed by atoms with van der Waals surface area (Å²) in [5.41, 5.74) is 1.17. The minimum atomic E-state index is -0.776. The molecule has 36 heavy (non-hydrogen) atoms. The maximum Gasteiger partial charge on any atom is 0.223 e. The molecule has 6 heteroatoms. The number of aliphatic hydroxyl groups is 2. The Labute approximate surface area is 216 Å². The molecule has 3 aliphatic rings. The number of hydrogen-bond donors (Lipinski definition) is 4. The molecule has 2 amide bonds. The Kier molecular flexibility index (Phi) is 10.2. The zero-order valence-electron chi connectivity index (χ0n) is 21.7. The lowest BCUT2D eigenvalue weighted by molar-refractivity contribution is -0.128. The topological polar surface area (TPSA) is 98.7 Å². The first kappa shape index (κ1) is 27.1. The van der Waals surface area contributed by atoms with Gasteiger partial charge in [-0.1, -0.05) is 75.3 Å². The van der Waals surface area contributed by atoms with E-state index < -0.39 is 12.2 Å². The lowest BCUT2D eigenvalue weighted by Crippen LogP contribution is -2.48. The Morgan fingerprint density at radius 2 is 1.64 bits per heavy atom. The molecule has 4 rings (SSSR count). The van der Waals surface area contributed by atoms with Crippen molar-refractivity contribution in [3.8, 4) is 0 Å². The van der Waals surface area contributed by atoms with E-state index in [9.17, 15) is 19.8 Å². The molecule has 6 nitrogen and oxygen atoms in total. The molecule has 6 atom stereocenters. The summed E-state index contributed by atoms with van der Waals surface area (Å²) in [6.07, 6.45) is 12.2. The van der Waals surface area contributed by atoms with Gasteiger partial charge >= 0.3 is 0 Å². The molecular weight excluding hydrogens is 452 g/mol. The molecular formula is C30H46N2O4. The fourth-order valence-electron chi connectivity index (χ4n) is 6.89. The van der Waals surface area contributed by atoms with E-state index in [1.807, 2.05) is 18.2 Å². The second-order valence-electron chi connectivity index (χ2n) is 11.6. The second kappa shape index (κ2) is 13.6. The van der Waals surface area contributed by atoms with Crippen LogP contribution in [0.25, 0.3) is 0 Å². The largest absolute Gasteiger partial charge is 0.391 e. The summed E-state index contributed by atoms with van der Waals surface area (Å²) >= 11 is 0. The lowest BCUT2D eigenvalue weighted by atomic mass is 9.80. The first-order valence-electron chi connectivity index (χ1n) is 14.5. The minimum absolute atomic E-state index is 0.0404. The third-order valence-corrected chi connectivity index (χ3v) is 8.99. The van der Waals surface area contributed by atoms with E-state index in [4.69, 9.17) is 0 Å². The van der Waals surface area contributed by atoms with Crippen LogP contribution in [0, 0.1) is 23.7 Å². The monoisotopic (exact) mass is 498 g/mol. The maximum absolute atomic E-state index is 13.5. The molecule has 200 valence electrons. The van der Waals surface area contributed by atoms with Crippen molar-refractivity contribution in [3.63, 3.8) is 0 Å². The van der Waals surface area contributed by atoms with Crippen molar-refractivity contribution in [2.75, 3.05) is 6.54 Å². The molecule has 0 aliphatic heterocycles. The summed E-state index contributed by atoms with van der Waals surface area (Å²) < 4.78 is 0. The summed E-state index contributed by atoms with van der Waals surface area (Å²) in [5.74, 6) is 0.505. The van der Waals surface area contributed by atoms with Crippen LogP contribution in [0.3, 0.4) is 0 Å². The number of amides is 2. The van der Waals surface area contributed by atoms with Gasteiger partial charge in [0.2, 0.25) is 11.8 Å². The molecule has 3 aliphatic carbocycles. The Bertz CT molecular complexity index is 823. The van der Waals surface area contributed by atoms with E-state index in [1.54, 1.807) is 0 Å². The van der Waals surface area contributed by atoms with Crippen LogP contribution in [0.4, 0.5) is 0 Å². The van der Waals surface area contributed by atoms with Crippen LogP contribution in [-0.2, 0) is 16.0 Å². The van der Waals surface area contributed by atoms with Gasteiger partial charge in [0.05, 0.1) is 18.2 Å². The molecule has 0 saturated heterocycles. The predicted molar refractivity (Wildman–Crippen MR) is 141 cm³/mol. The third kappa shape index (κ3) is 7.55. The zero-order chi connectivity index (χ0) is 25.3. The highest BCUT2D eigenvalue weighted by Crippen LogP contribution is 2.42. The average molecular weight is 499 g/mol. The fourth-order valence-corrected chi connectivity index (χ4v) is 6.89. The summed E-state index contributed by atoms with van der Waals surface area (Å²) in [6, 6.07) is 9.92. The minimum Gasteiger partial charge on any atom is -0.391 e. The van der Waals surface area contributed by atoms with Crippen molar-refractivity contribution in [2.24, 2.45) is 23.7 Å². The Morgan fingerprint density at radius 3 is 2.39 bits per heavy atom. The van der Waals surface area contributed by atoms with E-state index in [0.717, 1.165) is 57.8 Å². The fraction of sp³-hybridized carbons (Fsp3) is 0.733. The smallest absolute Gasteiger partial charge is 0.223 e. The van der Waals surface area contributed by atoms with Crippen molar-refractivity contribution >= 4 is 11.8 Å². The van der Waals surface area contributed by atoms with Gasteiger partial charge in [-0.2, -0.15) is 0 Å². The van der Waals surface area contributed by atoms with Gasteiger partial charge in [-0.3, -0.25) is 9.59 Å². The number of nitrogens with one attached hydrogen (secondary N) is 2. The molecule has 1 aromatic carbocycles. The van der Waals surface area contributed by atoms with Gasteiger partial charge in [0.15, 0.2) is 0 Å². The number of benzene rings is 1. The number of aliphatic hydroxyl groups excluding tert-OH is 2. The highest BCUT2D eigenvalue weighted by atomic mass is 16.3. The number of fused-ring (bicyclic) bond motifs is 1. The van der Waals surface area contributed by atoms with Gasteiger partial charge in [-0.15, -0.1) is 0 Å². The highest BCUT2D eigenvalue weighted by Gasteiger charge is 2.44. The second-order valence-corrected chi connectivity index (χ2v) is 11.6. The zero-order valence-corrected chi connectivity index (χ0v) is 21.7. The third-order valence-electron chi connectivity index (χ3n) is 8.99. The standard InChI is InChI=1S/C30H46N2O4/c33-25(20-31-29(35)22-12-6-1-2-7-13-22)18-24(17-16-21-10-4-3-5-11-21)30(36)32-28-26-15-9-8-14-23(26)19-27(28)34/h3-5,10-11,22-28,33-34H,1-2,6-9,12-20H2,(H,31,35)(H,32,36)/t23?,24-,25+,26?,27-,28+/m1/s1. The lowest BCUT2D eigenvalue weighted by Gasteiger charge is -2.31. The Morgan fingerprint density at radius 1 is 0.944 bits per heavy atom. The molecule has 3 saturated carbocycles. The van der Waals surface area contributed by atoms with Crippen LogP contribution in [-0.4, -0.2) is 46.8 Å². The van der Waals surface area contributed by atoms with Crippen LogP contribution in [0.5, 0.6) is 0 Å².